The van der Waals surface area contributed by atoms with E-state index in [2.05, 4.69) is 28.6 Å². The molecular formula is C16H16ClN3S. The van der Waals surface area contributed by atoms with Gasteiger partial charge in [-0.2, -0.15) is 0 Å². The maximum atomic E-state index is 6.03. The van der Waals surface area contributed by atoms with Gasteiger partial charge in [-0.25, -0.2) is 4.98 Å². The standard InChI is InChI=1S/C16H16ClN3S/c17-12-5-6-16-18-13(11-20(16)9-12)10-19-7-1-3-14(19)15-4-2-8-21-15/h2,4-6,8-9,11,14H,1,3,7,10H2. The van der Waals surface area contributed by atoms with Crippen LogP contribution in [0.2, 0.25) is 5.02 Å². The third kappa shape index (κ3) is 2.59. The molecule has 1 saturated heterocycles. The summed E-state index contributed by atoms with van der Waals surface area (Å²) in [5.41, 5.74) is 2.07. The molecule has 0 spiro atoms. The van der Waals surface area contributed by atoms with Crippen LogP contribution in [0.15, 0.2) is 42.0 Å². The second kappa shape index (κ2) is 5.44. The molecule has 3 aromatic rings. The summed E-state index contributed by atoms with van der Waals surface area (Å²) in [5.74, 6) is 0. The van der Waals surface area contributed by atoms with Gasteiger partial charge in [0.2, 0.25) is 0 Å². The van der Waals surface area contributed by atoms with Crippen molar-refractivity contribution in [3.63, 3.8) is 0 Å². The zero-order valence-corrected chi connectivity index (χ0v) is 13.1. The second-order valence-electron chi connectivity index (χ2n) is 5.49. The molecular weight excluding hydrogens is 302 g/mol. The maximum Gasteiger partial charge on any atom is 0.137 e. The fourth-order valence-electron chi connectivity index (χ4n) is 3.12. The molecule has 0 N–H and O–H groups in total. The molecule has 108 valence electrons. The van der Waals surface area contributed by atoms with Crippen molar-refractivity contribution in [2.75, 3.05) is 6.54 Å². The van der Waals surface area contributed by atoms with Gasteiger partial charge in [-0.3, -0.25) is 4.90 Å². The molecule has 0 aromatic carbocycles. The average molecular weight is 318 g/mol. The number of pyridine rings is 1. The molecule has 1 unspecified atom stereocenters. The van der Waals surface area contributed by atoms with Gasteiger partial charge in [-0.15, -0.1) is 11.3 Å². The van der Waals surface area contributed by atoms with Gasteiger partial charge in [0.05, 0.1) is 10.7 Å². The van der Waals surface area contributed by atoms with E-state index in [0.717, 1.165) is 29.5 Å². The number of halogens is 1. The van der Waals surface area contributed by atoms with E-state index in [1.54, 1.807) is 0 Å². The Morgan fingerprint density at radius 2 is 2.24 bits per heavy atom. The van der Waals surface area contributed by atoms with E-state index in [9.17, 15) is 0 Å². The van der Waals surface area contributed by atoms with Crippen LogP contribution in [0.1, 0.15) is 29.5 Å². The van der Waals surface area contributed by atoms with Gasteiger partial charge < -0.3 is 4.40 Å². The first-order valence-corrected chi connectivity index (χ1v) is 8.46. The molecule has 0 aliphatic carbocycles. The molecule has 0 bridgehead atoms. The Labute approximate surface area is 132 Å². The molecule has 5 heteroatoms. The minimum atomic E-state index is 0.554. The predicted molar refractivity (Wildman–Crippen MR) is 86.9 cm³/mol. The Hall–Kier alpha value is -1.36. The van der Waals surface area contributed by atoms with Crippen molar-refractivity contribution < 1.29 is 0 Å². The van der Waals surface area contributed by atoms with Crippen LogP contribution in [-0.4, -0.2) is 20.8 Å². The number of nitrogens with zero attached hydrogens (tertiary/aromatic N) is 3. The quantitative estimate of drug-likeness (QED) is 0.714. The molecule has 4 rings (SSSR count). The lowest BCUT2D eigenvalue weighted by atomic mass is 10.2. The fraction of sp³-hybridized carbons (Fsp3) is 0.312. The molecule has 4 heterocycles. The molecule has 21 heavy (non-hydrogen) atoms. The van der Waals surface area contributed by atoms with Crippen LogP contribution in [0.3, 0.4) is 0 Å². The third-order valence-electron chi connectivity index (χ3n) is 4.07. The highest BCUT2D eigenvalue weighted by Crippen LogP contribution is 2.35. The predicted octanol–water partition coefficient (Wildman–Crippen LogP) is 4.39. The highest BCUT2D eigenvalue weighted by molar-refractivity contribution is 7.10. The monoisotopic (exact) mass is 317 g/mol. The molecule has 0 amide bonds. The maximum absolute atomic E-state index is 6.03. The summed E-state index contributed by atoms with van der Waals surface area (Å²) in [6.07, 6.45) is 6.51. The number of likely N-dealkylation sites (tertiary alicyclic amines) is 1. The highest BCUT2D eigenvalue weighted by Gasteiger charge is 2.27. The van der Waals surface area contributed by atoms with E-state index in [4.69, 9.17) is 16.6 Å². The number of thiophene rings is 1. The zero-order chi connectivity index (χ0) is 14.2. The second-order valence-corrected chi connectivity index (χ2v) is 6.90. The summed E-state index contributed by atoms with van der Waals surface area (Å²) in [7, 11) is 0. The average Bonchev–Trinajstić information content (AvgIpc) is 3.16. The summed E-state index contributed by atoms with van der Waals surface area (Å²) in [5, 5.41) is 2.91. The molecule has 1 fully saturated rings. The van der Waals surface area contributed by atoms with Crippen molar-refractivity contribution in [2.45, 2.75) is 25.4 Å². The van der Waals surface area contributed by atoms with E-state index in [1.807, 2.05) is 34.1 Å². The number of hydrogen-bond donors (Lipinski definition) is 0. The van der Waals surface area contributed by atoms with Gasteiger partial charge in [-0.1, -0.05) is 17.7 Å². The van der Waals surface area contributed by atoms with Crippen LogP contribution in [0.4, 0.5) is 0 Å². The van der Waals surface area contributed by atoms with Crippen molar-refractivity contribution in [3.8, 4) is 0 Å². The van der Waals surface area contributed by atoms with Gasteiger partial charge >= 0.3 is 0 Å². The number of hydrogen-bond acceptors (Lipinski definition) is 3. The Balaban J connectivity index is 1.59. The topological polar surface area (TPSA) is 20.5 Å². The summed E-state index contributed by atoms with van der Waals surface area (Å²) in [6, 6.07) is 8.80. The van der Waals surface area contributed by atoms with Crippen molar-refractivity contribution in [1.82, 2.24) is 14.3 Å². The molecule has 1 atom stereocenters. The Morgan fingerprint density at radius 3 is 3.10 bits per heavy atom. The van der Waals surface area contributed by atoms with Crippen LogP contribution in [0, 0.1) is 0 Å². The molecule has 3 aromatic heterocycles. The number of rotatable bonds is 3. The van der Waals surface area contributed by atoms with Crippen molar-refractivity contribution in [2.24, 2.45) is 0 Å². The Morgan fingerprint density at radius 1 is 1.29 bits per heavy atom. The SMILES string of the molecule is Clc1ccc2nc(CN3CCCC3c3cccs3)cn2c1. The molecule has 1 aliphatic heterocycles. The number of fused-ring (bicyclic) bond motifs is 1. The first-order chi connectivity index (χ1) is 10.3. The van der Waals surface area contributed by atoms with Crippen molar-refractivity contribution in [1.29, 1.82) is 0 Å². The first kappa shape index (κ1) is 13.3. The van der Waals surface area contributed by atoms with Crippen LogP contribution < -0.4 is 0 Å². The van der Waals surface area contributed by atoms with Crippen molar-refractivity contribution >= 4 is 28.6 Å². The van der Waals surface area contributed by atoms with Crippen molar-refractivity contribution in [3.05, 3.63) is 57.6 Å². The third-order valence-corrected chi connectivity index (χ3v) is 5.26. The smallest absolute Gasteiger partial charge is 0.137 e. The van der Waals surface area contributed by atoms with Gasteiger partial charge in [0, 0.05) is 29.9 Å². The minimum absolute atomic E-state index is 0.554. The van der Waals surface area contributed by atoms with E-state index in [-0.39, 0.29) is 0 Å². The summed E-state index contributed by atoms with van der Waals surface area (Å²) < 4.78 is 2.01. The van der Waals surface area contributed by atoms with Gasteiger partial charge in [-0.05, 0) is 43.0 Å². The van der Waals surface area contributed by atoms with E-state index in [1.165, 1.54) is 17.7 Å². The first-order valence-electron chi connectivity index (χ1n) is 7.20. The summed E-state index contributed by atoms with van der Waals surface area (Å²) in [6.45, 7) is 2.05. The Bertz CT molecular complexity index is 750. The molecule has 3 nitrogen and oxygen atoms in total. The fourth-order valence-corrected chi connectivity index (χ4v) is 4.18. The highest BCUT2D eigenvalue weighted by atomic mass is 35.5. The summed E-state index contributed by atoms with van der Waals surface area (Å²) >= 11 is 7.89. The van der Waals surface area contributed by atoms with E-state index in [0.29, 0.717) is 6.04 Å². The van der Waals surface area contributed by atoms with Gasteiger partial charge in [0.15, 0.2) is 0 Å². The van der Waals surface area contributed by atoms with Gasteiger partial charge in [0.1, 0.15) is 5.65 Å². The lowest BCUT2D eigenvalue weighted by Gasteiger charge is -2.22. The largest absolute Gasteiger partial charge is 0.305 e. The Kier molecular flexibility index (Phi) is 3.45. The van der Waals surface area contributed by atoms with Crippen LogP contribution in [-0.2, 0) is 6.54 Å². The zero-order valence-electron chi connectivity index (χ0n) is 11.6. The van der Waals surface area contributed by atoms with Gasteiger partial charge in [0.25, 0.3) is 0 Å². The number of imidazole rings is 1. The minimum Gasteiger partial charge on any atom is -0.305 e. The van der Waals surface area contributed by atoms with Crippen LogP contribution in [0.5, 0.6) is 0 Å². The molecule has 1 aliphatic rings. The van der Waals surface area contributed by atoms with E-state index >= 15 is 0 Å². The lowest BCUT2D eigenvalue weighted by molar-refractivity contribution is 0.249. The number of aromatic nitrogens is 2. The normalized spacial score (nSPS) is 19.6. The summed E-state index contributed by atoms with van der Waals surface area (Å²) in [4.78, 5) is 8.71. The van der Waals surface area contributed by atoms with Crippen LogP contribution in [0.25, 0.3) is 5.65 Å². The molecule has 0 radical (unpaired) electrons. The van der Waals surface area contributed by atoms with E-state index < -0.39 is 0 Å². The lowest BCUT2D eigenvalue weighted by Crippen LogP contribution is -2.22. The van der Waals surface area contributed by atoms with Crippen LogP contribution >= 0.6 is 22.9 Å². The molecule has 0 saturated carbocycles.